The van der Waals surface area contributed by atoms with E-state index in [0.717, 1.165) is 11.1 Å². The summed E-state index contributed by atoms with van der Waals surface area (Å²) in [7, 11) is 1.71. The Hall–Kier alpha value is -3.34. The van der Waals surface area contributed by atoms with Crippen molar-refractivity contribution in [2.75, 3.05) is 0 Å². The Balaban J connectivity index is 1.87. The molecule has 0 aliphatic rings. The molecule has 0 radical (unpaired) electrons. The SMILES string of the molecule is Cn1c(=O)n(Cc2ccccc2)c(=O)c2c1ccn2Cc1ccccc1. The Morgan fingerprint density at radius 1 is 0.769 bits per heavy atom. The molecule has 5 nitrogen and oxygen atoms in total. The third-order valence-corrected chi connectivity index (χ3v) is 4.65. The number of aryl methyl sites for hydroxylation is 1. The molecule has 5 heteroatoms. The highest BCUT2D eigenvalue weighted by atomic mass is 16.2. The standard InChI is InChI=1S/C21H19N3O2/c1-22-18-12-13-23(14-16-8-4-2-5-9-16)19(18)20(25)24(21(22)26)15-17-10-6-3-7-11-17/h2-13H,14-15H2,1H3. The Kier molecular flexibility index (Phi) is 4.05. The molecule has 0 atom stereocenters. The van der Waals surface area contributed by atoms with E-state index in [0.29, 0.717) is 17.6 Å². The summed E-state index contributed by atoms with van der Waals surface area (Å²) in [6, 6.07) is 21.4. The zero-order valence-corrected chi connectivity index (χ0v) is 14.5. The van der Waals surface area contributed by atoms with Gasteiger partial charge >= 0.3 is 5.69 Å². The minimum absolute atomic E-state index is 0.257. The van der Waals surface area contributed by atoms with Gasteiger partial charge in [0.15, 0.2) is 0 Å². The highest BCUT2D eigenvalue weighted by Gasteiger charge is 2.15. The first kappa shape index (κ1) is 16.1. The molecule has 2 aromatic heterocycles. The molecule has 0 spiro atoms. The van der Waals surface area contributed by atoms with E-state index in [1.165, 1.54) is 4.57 Å². The first-order valence-corrected chi connectivity index (χ1v) is 8.51. The topological polar surface area (TPSA) is 48.9 Å². The summed E-state index contributed by atoms with van der Waals surface area (Å²) in [5.41, 5.74) is 2.67. The van der Waals surface area contributed by atoms with Crippen molar-refractivity contribution < 1.29 is 0 Å². The zero-order valence-electron chi connectivity index (χ0n) is 14.5. The van der Waals surface area contributed by atoms with Crippen molar-refractivity contribution in [2.45, 2.75) is 13.1 Å². The number of hydrogen-bond acceptors (Lipinski definition) is 2. The van der Waals surface area contributed by atoms with Gasteiger partial charge in [-0.1, -0.05) is 60.7 Å². The van der Waals surface area contributed by atoms with Gasteiger partial charge in [0.1, 0.15) is 5.52 Å². The molecule has 4 rings (SSSR count). The number of benzene rings is 2. The predicted molar refractivity (Wildman–Crippen MR) is 103 cm³/mol. The van der Waals surface area contributed by atoms with Gasteiger partial charge in [0.2, 0.25) is 0 Å². The van der Waals surface area contributed by atoms with E-state index in [1.54, 1.807) is 11.6 Å². The lowest BCUT2D eigenvalue weighted by molar-refractivity contribution is 0.654. The maximum absolute atomic E-state index is 13.1. The van der Waals surface area contributed by atoms with E-state index < -0.39 is 0 Å². The Bertz CT molecular complexity index is 1170. The van der Waals surface area contributed by atoms with E-state index in [9.17, 15) is 9.59 Å². The summed E-state index contributed by atoms with van der Waals surface area (Å²) in [5.74, 6) is 0. The summed E-state index contributed by atoms with van der Waals surface area (Å²) < 4.78 is 4.76. The highest BCUT2D eigenvalue weighted by Crippen LogP contribution is 2.13. The van der Waals surface area contributed by atoms with E-state index in [4.69, 9.17) is 0 Å². The minimum Gasteiger partial charge on any atom is -0.337 e. The van der Waals surface area contributed by atoms with Crippen molar-refractivity contribution in [3.63, 3.8) is 0 Å². The van der Waals surface area contributed by atoms with Crippen LogP contribution < -0.4 is 11.2 Å². The van der Waals surface area contributed by atoms with Gasteiger partial charge in [-0.3, -0.25) is 13.9 Å². The lowest BCUT2D eigenvalue weighted by Crippen LogP contribution is -2.39. The summed E-state index contributed by atoms with van der Waals surface area (Å²) in [6.07, 6.45) is 1.87. The van der Waals surface area contributed by atoms with Gasteiger partial charge in [0.05, 0.1) is 12.1 Å². The van der Waals surface area contributed by atoms with Crippen LogP contribution in [-0.2, 0) is 20.1 Å². The summed E-state index contributed by atoms with van der Waals surface area (Å²) in [5, 5.41) is 0. The number of hydrogen-bond donors (Lipinski definition) is 0. The first-order valence-electron chi connectivity index (χ1n) is 8.51. The Labute approximate surface area is 150 Å². The van der Waals surface area contributed by atoms with Gasteiger partial charge in [-0.05, 0) is 17.2 Å². The van der Waals surface area contributed by atoms with Crippen LogP contribution in [0, 0.1) is 0 Å². The molecule has 0 aliphatic carbocycles. The second kappa shape index (κ2) is 6.52. The van der Waals surface area contributed by atoms with Gasteiger partial charge in [-0.25, -0.2) is 4.79 Å². The second-order valence-electron chi connectivity index (χ2n) is 6.38. The van der Waals surface area contributed by atoms with Crippen LogP contribution in [0.1, 0.15) is 11.1 Å². The van der Waals surface area contributed by atoms with E-state index >= 15 is 0 Å². The molecule has 0 fully saturated rings. The van der Waals surface area contributed by atoms with E-state index in [-0.39, 0.29) is 17.8 Å². The fourth-order valence-electron chi connectivity index (χ4n) is 3.28. The van der Waals surface area contributed by atoms with Crippen molar-refractivity contribution in [3.8, 4) is 0 Å². The average Bonchev–Trinajstić information content (AvgIpc) is 3.09. The number of aromatic nitrogens is 3. The number of rotatable bonds is 4. The summed E-state index contributed by atoms with van der Waals surface area (Å²) >= 11 is 0. The lowest BCUT2D eigenvalue weighted by Gasteiger charge is -2.11. The molecule has 0 bridgehead atoms. The van der Waals surface area contributed by atoms with Crippen molar-refractivity contribution >= 4 is 11.0 Å². The van der Waals surface area contributed by atoms with Gasteiger partial charge < -0.3 is 4.57 Å². The Morgan fingerprint density at radius 2 is 1.35 bits per heavy atom. The van der Waals surface area contributed by atoms with E-state index in [1.807, 2.05) is 77.5 Å². The number of fused-ring (bicyclic) bond motifs is 1. The molecule has 0 aliphatic heterocycles. The molecule has 2 heterocycles. The maximum atomic E-state index is 13.1. The molecular weight excluding hydrogens is 326 g/mol. The van der Waals surface area contributed by atoms with Crippen molar-refractivity contribution in [2.24, 2.45) is 7.05 Å². The molecule has 130 valence electrons. The van der Waals surface area contributed by atoms with Crippen LogP contribution in [0.2, 0.25) is 0 Å². The van der Waals surface area contributed by atoms with Crippen molar-refractivity contribution in [1.29, 1.82) is 0 Å². The quantitative estimate of drug-likeness (QED) is 0.571. The van der Waals surface area contributed by atoms with Crippen LogP contribution in [0.4, 0.5) is 0 Å². The fourth-order valence-corrected chi connectivity index (χ4v) is 3.28. The highest BCUT2D eigenvalue weighted by molar-refractivity contribution is 5.75. The molecule has 0 saturated carbocycles. The molecule has 4 aromatic rings. The molecule has 0 N–H and O–H groups in total. The van der Waals surface area contributed by atoms with Crippen LogP contribution in [0.25, 0.3) is 11.0 Å². The molecule has 26 heavy (non-hydrogen) atoms. The van der Waals surface area contributed by atoms with Gasteiger partial charge in [-0.15, -0.1) is 0 Å². The van der Waals surface area contributed by atoms with Gasteiger partial charge in [0.25, 0.3) is 5.56 Å². The van der Waals surface area contributed by atoms with Crippen molar-refractivity contribution in [1.82, 2.24) is 13.7 Å². The van der Waals surface area contributed by atoms with Gasteiger partial charge in [0, 0.05) is 19.8 Å². The van der Waals surface area contributed by atoms with E-state index in [2.05, 4.69) is 0 Å². The second-order valence-corrected chi connectivity index (χ2v) is 6.38. The van der Waals surface area contributed by atoms with Crippen LogP contribution in [0.3, 0.4) is 0 Å². The Morgan fingerprint density at radius 3 is 1.96 bits per heavy atom. The zero-order chi connectivity index (χ0) is 18.1. The summed E-state index contributed by atoms with van der Waals surface area (Å²) in [4.78, 5) is 25.8. The first-order chi connectivity index (χ1) is 12.6. The predicted octanol–water partition coefficient (Wildman–Crippen LogP) is 2.60. The van der Waals surface area contributed by atoms with Crippen LogP contribution in [-0.4, -0.2) is 13.7 Å². The molecule has 2 aromatic carbocycles. The molecule has 0 amide bonds. The maximum Gasteiger partial charge on any atom is 0.331 e. The monoisotopic (exact) mass is 345 g/mol. The fraction of sp³-hybridized carbons (Fsp3) is 0.143. The largest absolute Gasteiger partial charge is 0.337 e. The average molecular weight is 345 g/mol. The van der Waals surface area contributed by atoms with Crippen LogP contribution in [0.15, 0.2) is 82.5 Å². The van der Waals surface area contributed by atoms with Crippen LogP contribution >= 0.6 is 0 Å². The molecule has 0 unspecified atom stereocenters. The minimum atomic E-state index is -0.302. The number of nitrogens with zero attached hydrogens (tertiary/aromatic N) is 3. The lowest BCUT2D eigenvalue weighted by atomic mass is 10.2. The molecular formula is C21H19N3O2. The normalized spacial score (nSPS) is 11.1. The van der Waals surface area contributed by atoms with Crippen molar-refractivity contribution in [3.05, 3.63) is 105 Å². The third-order valence-electron chi connectivity index (χ3n) is 4.65. The van der Waals surface area contributed by atoms with Gasteiger partial charge in [-0.2, -0.15) is 0 Å². The third kappa shape index (κ3) is 2.77. The summed E-state index contributed by atoms with van der Waals surface area (Å²) in [6.45, 7) is 0.849. The smallest absolute Gasteiger partial charge is 0.331 e. The van der Waals surface area contributed by atoms with Crippen LogP contribution in [0.5, 0.6) is 0 Å². The molecule has 0 saturated heterocycles.